The van der Waals surface area contributed by atoms with Gasteiger partial charge in [0.15, 0.2) is 0 Å². The van der Waals surface area contributed by atoms with Crippen LogP contribution in [-0.2, 0) is 0 Å². The average molecular weight is 248 g/mol. The van der Waals surface area contributed by atoms with E-state index in [9.17, 15) is 26.3 Å². The maximum atomic E-state index is 11.0. The summed E-state index contributed by atoms with van der Waals surface area (Å²) in [6, 6.07) is 1.78. The van der Waals surface area contributed by atoms with Gasteiger partial charge in [-0.3, -0.25) is 0 Å². The second kappa shape index (κ2) is 5.64. The molecule has 0 fully saturated rings. The predicted molar refractivity (Wildman–Crippen MR) is 40.1 cm³/mol. The number of nitrogens with zero attached hydrogens (tertiary/aromatic N) is 2. The Morgan fingerprint density at radius 1 is 0.875 bits per heavy atom. The normalized spacial score (nSPS) is 12.0. The van der Waals surface area contributed by atoms with Crippen LogP contribution in [0, 0.1) is 0 Å². The van der Waals surface area contributed by atoms with Gasteiger partial charge in [-0.2, -0.15) is 26.3 Å². The molecule has 1 rings (SSSR count). The lowest BCUT2D eigenvalue weighted by atomic mass is 10.3. The number of hydrogen-bond donors (Lipinski definition) is 1. The molecule has 0 bridgehead atoms. The summed E-state index contributed by atoms with van der Waals surface area (Å²) >= 11 is 0. The lowest BCUT2D eigenvalue weighted by Crippen LogP contribution is -2.41. The fourth-order valence-electron chi connectivity index (χ4n) is 0.439. The van der Waals surface area contributed by atoms with E-state index in [1.807, 2.05) is 0 Å². The number of hydrogen-bond acceptors (Lipinski definition) is 3. The van der Waals surface area contributed by atoms with Crippen molar-refractivity contribution < 1.29 is 31.4 Å². The van der Waals surface area contributed by atoms with Crippen LogP contribution in [-0.4, -0.2) is 33.5 Å². The number of aliphatic hydroxyl groups is 1. The van der Waals surface area contributed by atoms with E-state index in [1.54, 1.807) is 18.5 Å². The maximum absolute atomic E-state index is 11.0. The molecule has 0 radical (unpaired) electrons. The van der Waals surface area contributed by atoms with E-state index in [2.05, 4.69) is 9.97 Å². The molecule has 0 aliphatic rings. The molecule has 1 aromatic heterocycles. The zero-order chi connectivity index (χ0) is 12.8. The van der Waals surface area contributed by atoms with Gasteiger partial charge in [0.25, 0.3) is 0 Å². The highest BCUT2D eigenvalue weighted by molar-refractivity contribution is 4.74. The summed E-state index contributed by atoms with van der Waals surface area (Å²) in [4.78, 5) is 7.35. The maximum Gasteiger partial charge on any atom is 0.423 e. The summed E-state index contributed by atoms with van der Waals surface area (Å²) in [6.45, 7) is 0. The highest BCUT2D eigenvalue weighted by atomic mass is 19.4. The van der Waals surface area contributed by atoms with Crippen molar-refractivity contribution in [3.05, 3.63) is 24.8 Å². The van der Waals surface area contributed by atoms with Crippen molar-refractivity contribution in [2.45, 2.75) is 18.5 Å². The largest absolute Gasteiger partial charge is 0.423 e. The van der Waals surface area contributed by atoms with E-state index in [0.29, 0.717) is 0 Å². The van der Waals surface area contributed by atoms with Gasteiger partial charge in [-0.1, -0.05) is 0 Å². The van der Waals surface area contributed by atoms with Crippen LogP contribution in [0.5, 0.6) is 0 Å². The SMILES string of the molecule is OC(C(F)(F)F)C(F)(F)F.c1cncnc1. The molecule has 3 nitrogen and oxygen atoms in total. The lowest BCUT2D eigenvalue weighted by molar-refractivity contribution is -0.308. The number of alkyl halides is 6. The first-order chi connectivity index (χ1) is 7.15. The molecule has 0 atom stereocenters. The summed E-state index contributed by atoms with van der Waals surface area (Å²) in [5.74, 6) is 0. The van der Waals surface area contributed by atoms with Crippen molar-refractivity contribution in [2.24, 2.45) is 0 Å². The van der Waals surface area contributed by atoms with Crippen molar-refractivity contribution in [1.82, 2.24) is 9.97 Å². The molecule has 1 N–H and O–H groups in total. The molecule has 1 heterocycles. The Labute approximate surface area is 85.8 Å². The molecule has 92 valence electrons. The smallest absolute Gasteiger partial charge is 0.377 e. The van der Waals surface area contributed by atoms with Gasteiger partial charge in [0.1, 0.15) is 6.33 Å². The molecule has 0 aliphatic carbocycles. The van der Waals surface area contributed by atoms with E-state index in [-0.39, 0.29) is 0 Å². The molecule has 1 aromatic rings. The Bertz CT molecular complexity index is 244. The van der Waals surface area contributed by atoms with E-state index in [1.165, 1.54) is 6.33 Å². The molecule has 0 unspecified atom stereocenters. The molecule has 0 amide bonds. The third-order valence-electron chi connectivity index (χ3n) is 1.10. The molecule has 0 saturated carbocycles. The second-order valence-electron chi connectivity index (χ2n) is 2.39. The van der Waals surface area contributed by atoms with Gasteiger partial charge in [0, 0.05) is 12.4 Å². The third kappa shape index (κ3) is 6.17. The number of rotatable bonds is 0. The third-order valence-corrected chi connectivity index (χ3v) is 1.10. The van der Waals surface area contributed by atoms with Crippen molar-refractivity contribution in [3.63, 3.8) is 0 Å². The van der Waals surface area contributed by atoms with Crippen molar-refractivity contribution >= 4 is 0 Å². The van der Waals surface area contributed by atoms with Crippen LogP contribution in [0.3, 0.4) is 0 Å². The highest BCUT2D eigenvalue weighted by Crippen LogP contribution is 2.32. The summed E-state index contributed by atoms with van der Waals surface area (Å²) < 4.78 is 65.9. The van der Waals surface area contributed by atoms with Crippen LogP contribution in [0.25, 0.3) is 0 Å². The Balaban J connectivity index is 0.000000315. The van der Waals surface area contributed by atoms with E-state index in [0.717, 1.165) is 0 Å². The number of aliphatic hydroxyl groups excluding tert-OH is 1. The molecule has 0 saturated heterocycles. The fourth-order valence-corrected chi connectivity index (χ4v) is 0.439. The van der Waals surface area contributed by atoms with Crippen LogP contribution in [0.1, 0.15) is 0 Å². The quantitative estimate of drug-likeness (QED) is 0.714. The average Bonchev–Trinajstić information content (AvgIpc) is 2.17. The van der Waals surface area contributed by atoms with E-state index in [4.69, 9.17) is 5.11 Å². The zero-order valence-corrected chi connectivity index (χ0v) is 7.50. The Morgan fingerprint density at radius 3 is 1.31 bits per heavy atom. The summed E-state index contributed by atoms with van der Waals surface area (Å²) in [5, 5.41) is 7.47. The van der Waals surface area contributed by atoms with Gasteiger partial charge in [-0.25, -0.2) is 9.97 Å². The van der Waals surface area contributed by atoms with Crippen molar-refractivity contribution in [2.75, 3.05) is 0 Å². The number of halogens is 6. The molecule has 9 heteroatoms. The van der Waals surface area contributed by atoms with E-state index >= 15 is 0 Å². The Hall–Kier alpha value is -1.38. The summed E-state index contributed by atoms with van der Waals surface area (Å²) in [5.41, 5.74) is 0. The summed E-state index contributed by atoms with van der Waals surface area (Å²) in [7, 11) is 0. The Kier molecular flexibility index (Phi) is 5.15. The van der Waals surface area contributed by atoms with Crippen molar-refractivity contribution in [1.29, 1.82) is 0 Å². The monoisotopic (exact) mass is 248 g/mol. The molecule has 16 heavy (non-hydrogen) atoms. The van der Waals surface area contributed by atoms with Crippen LogP contribution in [0.15, 0.2) is 24.8 Å². The highest BCUT2D eigenvalue weighted by Gasteiger charge is 2.55. The van der Waals surface area contributed by atoms with Gasteiger partial charge < -0.3 is 5.11 Å². The topological polar surface area (TPSA) is 46.0 Å². The standard InChI is InChI=1S/C4H4N2.C3H2F6O/c1-2-5-4-6-3-1;4-2(5,6)1(10)3(7,8)9/h1-4H;1,10H. The predicted octanol–water partition coefficient (Wildman–Crippen LogP) is 1.95. The first-order valence-corrected chi connectivity index (χ1v) is 3.67. The van der Waals surface area contributed by atoms with Gasteiger partial charge in [-0.15, -0.1) is 0 Å². The van der Waals surface area contributed by atoms with Gasteiger partial charge in [0.2, 0.25) is 6.10 Å². The lowest BCUT2D eigenvalue weighted by Gasteiger charge is -2.16. The molecule has 0 aliphatic heterocycles. The minimum atomic E-state index is -5.63. The van der Waals surface area contributed by atoms with Crippen LogP contribution in [0.2, 0.25) is 0 Å². The minimum absolute atomic E-state index is 1.50. The van der Waals surface area contributed by atoms with Gasteiger partial charge >= 0.3 is 12.4 Å². The molecule has 0 spiro atoms. The van der Waals surface area contributed by atoms with Crippen LogP contribution in [0.4, 0.5) is 26.3 Å². The zero-order valence-electron chi connectivity index (χ0n) is 7.50. The van der Waals surface area contributed by atoms with Gasteiger partial charge in [-0.05, 0) is 6.07 Å². The summed E-state index contributed by atoms with van der Waals surface area (Å²) in [6.07, 6.45) is -10.6. The van der Waals surface area contributed by atoms with Gasteiger partial charge in [0.05, 0.1) is 0 Å². The Morgan fingerprint density at radius 2 is 1.25 bits per heavy atom. The second-order valence-corrected chi connectivity index (χ2v) is 2.39. The first-order valence-electron chi connectivity index (χ1n) is 3.67. The van der Waals surface area contributed by atoms with Crippen LogP contribution < -0.4 is 0 Å². The minimum Gasteiger partial charge on any atom is -0.377 e. The molecule has 0 aromatic carbocycles. The molecular formula is C7H6F6N2O. The van der Waals surface area contributed by atoms with Crippen LogP contribution >= 0.6 is 0 Å². The number of aromatic nitrogens is 2. The van der Waals surface area contributed by atoms with Crippen molar-refractivity contribution in [3.8, 4) is 0 Å². The van der Waals surface area contributed by atoms with E-state index < -0.39 is 18.5 Å². The first kappa shape index (κ1) is 14.6. The fraction of sp³-hybridized carbons (Fsp3) is 0.429. The molecular weight excluding hydrogens is 242 g/mol.